The second kappa shape index (κ2) is 5.44. The van der Waals surface area contributed by atoms with E-state index in [1.165, 1.54) is 23.5 Å². The molecule has 1 aromatic heterocycles. The van der Waals surface area contributed by atoms with Crippen LogP contribution < -0.4 is 0 Å². The van der Waals surface area contributed by atoms with Crippen LogP contribution in [0.3, 0.4) is 0 Å². The van der Waals surface area contributed by atoms with E-state index in [-0.39, 0.29) is 17.6 Å². The molecule has 3 rings (SSSR count). The van der Waals surface area contributed by atoms with Crippen molar-refractivity contribution in [2.75, 3.05) is 13.1 Å². The minimum absolute atomic E-state index is 0.0413. The van der Waals surface area contributed by atoms with Gasteiger partial charge in [-0.3, -0.25) is 4.79 Å². The van der Waals surface area contributed by atoms with Gasteiger partial charge in [0.25, 0.3) is 5.91 Å². The number of halogens is 1. The van der Waals surface area contributed by atoms with E-state index in [0.29, 0.717) is 24.4 Å². The standard InChI is InChI=1S/C15H15FN2O2S/c1-9-8-18(5-4-12(9)17-20)15(19)14-6-10-2-3-11(16)7-13(10)21-14/h2-3,6-7,9,20H,4-5,8H2,1H3/b17-12+. The Hall–Kier alpha value is -1.95. The second-order valence-corrected chi connectivity index (χ2v) is 6.37. The first-order valence-electron chi connectivity index (χ1n) is 6.77. The summed E-state index contributed by atoms with van der Waals surface area (Å²) in [5.41, 5.74) is 0.734. The zero-order valence-electron chi connectivity index (χ0n) is 11.5. The van der Waals surface area contributed by atoms with E-state index in [1.54, 1.807) is 11.0 Å². The maximum Gasteiger partial charge on any atom is 0.263 e. The molecule has 0 radical (unpaired) electrons. The van der Waals surface area contributed by atoms with Crippen molar-refractivity contribution in [2.24, 2.45) is 11.1 Å². The molecule has 0 aliphatic carbocycles. The Bertz CT molecular complexity index is 726. The summed E-state index contributed by atoms with van der Waals surface area (Å²) in [6.07, 6.45) is 0.586. The van der Waals surface area contributed by atoms with E-state index >= 15 is 0 Å². The first-order chi connectivity index (χ1) is 10.1. The molecule has 6 heteroatoms. The molecule has 21 heavy (non-hydrogen) atoms. The highest BCUT2D eigenvalue weighted by Crippen LogP contribution is 2.28. The van der Waals surface area contributed by atoms with Crippen LogP contribution in [0.15, 0.2) is 29.4 Å². The van der Waals surface area contributed by atoms with E-state index in [0.717, 1.165) is 15.8 Å². The van der Waals surface area contributed by atoms with Crippen LogP contribution in [0.4, 0.5) is 4.39 Å². The summed E-state index contributed by atoms with van der Waals surface area (Å²) in [5, 5.41) is 13.0. The van der Waals surface area contributed by atoms with Gasteiger partial charge in [-0.25, -0.2) is 4.39 Å². The number of likely N-dealkylation sites (tertiary alicyclic amines) is 1. The molecule has 1 aromatic carbocycles. The third-order valence-electron chi connectivity index (χ3n) is 3.81. The smallest absolute Gasteiger partial charge is 0.263 e. The second-order valence-electron chi connectivity index (χ2n) is 5.29. The van der Waals surface area contributed by atoms with Gasteiger partial charge < -0.3 is 10.1 Å². The largest absolute Gasteiger partial charge is 0.411 e. The molecule has 1 aliphatic rings. The molecule has 1 unspecified atom stereocenters. The molecule has 1 N–H and O–H groups in total. The zero-order valence-corrected chi connectivity index (χ0v) is 12.4. The Labute approximate surface area is 125 Å². The monoisotopic (exact) mass is 306 g/mol. The highest BCUT2D eigenvalue weighted by molar-refractivity contribution is 7.20. The summed E-state index contributed by atoms with van der Waals surface area (Å²) in [5.74, 6) is -0.279. The van der Waals surface area contributed by atoms with Crippen LogP contribution in [-0.4, -0.2) is 34.8 Å². The van der Waals surface area contributed by atoms with Crippen molar-refractivity contribution in [3.05, 3.63) is 35.0 Å². The van der Waals surface area contributed by atoms with Gasteiger partial charge in [-0.1, -0.05) is 18.1 Å². The third kappa shape index (κ3) is 2.63. The van der Waals surface area contributed by atoms with Gasteiger partial charge in [-0.15, -0.1) is 11.3 Å². The first-order valence-corrected chi connectivity index (χ1v) is 7.59. The Kier molecular flexibility index (Phi) is 3.63. The van der Waals surface area contributed by atoms with Gasteiger partial charge >= 0.3 is 0 Å². The molecule has 110 valence electrons. The predicted molar refractivity (Wildman–Crippen MR) is 80.7 cm³/mol. The zero-order chi connectivity index (χ0) is 15.0. The topological polar surface area (TPSA) is 52.9 Å². The number of carbonyl (C=O) groups excluding carboxylic acids is 1. The number of benzene rings is 1. The number of thiophene rings is 1. The van der Waals surface area contributed by atoms with Crippen molar-refractivity contribution in [3.8, 4) is 0 Å². The van der Waals surface area contributed by atoms with Gasteiger partial charge in [-0.05, 0) is 23.6 Å². The van der Waals surface area contributed by atoms with Crippen LogP contribution in [0.1, 0.15) is 23.0 Å². The minimum Gasteiger partial charge on any atom is -0.411 e. The molecule has 1 aliphatic heterocycles. The summed E-state index contributed by atoms with van der Waals surface area (Å²) in [6, 6.07) is 6.35. The van der Waals surface area contributed by atoms with Gasteiger partial charge in [0.15, 0.2) is 0 Å². The van der Waals surface area contributed by atoms with E-state index in [2.05, 4.69) is 5.16 Å². The predicted octanol–water partition coefficient (Wildman–Crippen LogP) is 3.35. The van der Waals surface area contributed by atoms with Gasteiger partial charge in [-0.2, -0.15) is 0 Å². The molecule has 1 saturated heterocycles. The quantitative estimate of drug-likeness (QED) is 0.649. The van der Waals surface area contributed by atoms with Crippen LogP contribution in [0.2, 0.25) is 0 Å². The Morgan fingerprint density at radius 2 is 2.29 bits per heavy atom. The Morgan fingerprint density at radius 1 is 1.48 bits per heavy atom. The van der Waals surface area contributed by atoms with Crippen LogP contribution in [0.25, 0.3) is 10.1 Å². The van der Waals surface area contributed by atoms with Crippen molar-refractivity contribution in [1.82, 2.24) is 4.90 Å². The SMILES string of the molecule is CC1CN(C(=O)c2cc3ccc(F)cc3s2)CC/C1=N\O. The highest BCUT2D eigenvalue weighted by Gasteiger charge is 2.27. The minimum atomic E-state index is -0.293. The maximum absolute atomic E-state index is 13.2. The van der Waals surface area contributed by atoms with E-state index in [1.807, 2.05) is 13.0 Å². The number of oxime groups is 1. The molecule has 1 atom stereocenters. The molecule has 0 saturated carbocycles. The van der Waals surface area contributed by atoms with Gasteiger partial charge in [0.05, 0.1) is 10.6 Å². The molecule has 1 amide bonds. The summed E-state index contributed by atoms with van der Waals surface area (Å²) in [4.78, 5) is 14.9. The lowest BCUT2D eigenvalue weighted by molar-refractivity contribution is 0.0739. The van der Waals surface area contributed by atoms with Gasteiger partial charge in [0, 0.05) is 30.1 Å². The summed E-state index contributed by atoms with van der Waals surface area (Å²) in [6.45, 7) is 3.03. The van der Waals surface area contributed by atoms with Crippen LogP contribution in [0.5, 0.6) is 0 Å². The summed E-state index contributed by atoms with van der Waals surface area (Å²) < 4.78 is 14.0. The first kappa shape index (κ1) is 14.0. The average Bonchev–Trinajstić information content (AvgIpc) is 2.89. The fourth-order valence-corrected chi connectivity index (χ4v) is 3.68. The van der Waals surface area contributed by atoms with Gasteiger partial charge in [0.1, 0.15) is 5.82 Å². The number of hydrogen-bond acceptors (Lipinski definition) is 4. The average molecular weight is 306 g/mol. The number of nitrogens with zero attached hydrogens (tertiary/aromatic N) is 2. The molecular weight excluding hydrogens is 291 g/mol. The lowest BCUT2D eigenvalue weighted by atomic mass is 9.97. The van der Waals surface area contributed by atoms with Crippen LogP contribution in [-0.2, 0) is 0 Å². The van der Waals surface area contributed by atoms with E-state index < -0.39 is 0 Å². The molecular formula is C15H15FN2O2S. The molecule has 4 nitrogen and oxygen atoms in total. The molecule has 1 fully saturated rings. The van der Waals surface area contributed by atoms with Crippen LogP contribution in [0, 0.1) is 11.7 Å². The lowest BCUT2D eigenvalue weighted by Gasteiger charge is -2.31. The number of amides is 1. The van der Waals surface area contributed by atoms with Crippen molar-refractivity contribution in [2.45, 2.75) is 13.3 Å². The number of fused-ring (bicyclic) bond motifs is 1. The number of hydrogen-bond donors (Lipinski definition) is 1. The Balaban J connectivity index is 1.84. The normalized spacial score (nSPS) is 21.1. The molecule has 0 bridgehead atoms. The van der Waals surface area contributed by atoms with Gasteiger partial charge in [0.2, 0.25) is 0 Å². The van der Waals surface area contributed by atoms with Crippen LogP contribution >= 0.6 is 11.3 Å². The summed E-state index contributed by atoms with van der Waals surface area (Å²) in [7, 11) is 0. The molecule has 2 heterocycles. The van der Waals surface area contributed by atoms with Crippen molar-refractivity contribution in [3.63, 3.8) is 0 Å². The lowest BCUT2D eigenvalue weighted by Crippen LogP contribution is -2.43. The van der Waals surface area contributed by atoms with Crippen molar-refractivity contribution >= 4 is 33.0 Å². The van der Waals surface area contributed by atoms with Crippen molar-refractivity contribution < 1.29 is 14.4 Å². The number of carbonyl (C=O) groups is 1. The fourth-order valence-electron chi connectivity index (χ4n) is 2.62. The maximum atomic E-state index is 13.2. The van der Waals surface area contributed by atoms with E-state index in [4.69, 9.17) is 5.21 Å². The van der Waals surface area contributed by atoms with Crippen molar-refractivity contribution in [1.29, 1.82) is 0 Å². The Morgan fingerprint density at radius 3 is 3.00 bits per heavy atom. The fraction of sp³-hybridized carbons (Fsp3) is 0.333. The highest BCUT2D eigenvalue weighted by atomic mass is 32.1. The number of piperidine rings is 1. The molecule has 0 spiro atoms. The number of rotatable bonds is 1. The third-order valence-corrected chi connectivity index (χ3v) is 4.90. The molecule has 2 aromatic rings. The summed E-state index contributed by atoms with van der Waals surface area (Å²) >= 11 is 1.31. The van der Waals surface area contributed by atoms with E-state index in [9.17, 15) is 9.18 Å².